The molecule has 1 atom stereocenters. The largest absolute Gasteiger partial charge is 0.396 e. The van der Waals surface area contributed by atoms with Crippen molar-refractivity contribution in [2.75, 3.05) is 13.2 Å². The summed E-state index contributed by atoms with van der Waals surface area (Å²) in [5.41, 5.74) is 1.21. The molecular formula is C15H21NO2. The SMILES string of the molecule is O=C1CCCCC(c2ccccc2)N1CCCO. The van der Waals surface area contributed by atoms with Crippen molar-refractivity contribution >= 4 is 5.91 Å². The van der Waals surface area contributed by atoms with Crippen LogP contribution in [0.15, 0.2) is 30.3 Å². The van der Waals surface area contributed by atoms with Gasteiger partial charge in [0.1, 0.15) is 0 Å². The van der Waals surface area contributed by atoms with E-state index in [1.54, 1.807) is 0 Å². The van der Waals surface area contributed by atoms with E-state index < -0.39 is 0 Å². The fraction of sp³-hybridized carbons (Fsp3) is 0.533. The van der Waals surface area contributed by atoms with Crippen LogP contribution in [0.25, 0.3) is 0 Å². The predicted octanol–water partition coefficient (Wildman–Crippen LogP) is 2.51. The molecule has 0 bridgehead atoms. The van der Waals surface area contributed by atoms with Crippen LogP contribution in [0.4, 0.5) is 0 Å². The Morgan fingerprint density at radius 1 is 1.22 bits per heavy atom. The average Bonchev–Trinajstić information content (AvgIpc) is 2.59. The molecule has 1 N–H and O–H groups in total. The van der Waals surface area contributed by atoms with Crippen LogP contribution in [0.5, 0.6) is 0 Å². The molecule has 98 valence electrons. The molecule has 3 heteroatoms. The Balaban J connectivity index is 2.19. The first-order valence-corrected chi connectivity index (χ1v) is 6.78. The number of hydrogen-bond donors (Lipinski definition) is 1. The summed E-state index contributed by atoms with van der Waals surface area (Å²) < 4.78 is 0. The first kappa shape index (κ1) is 13.1. The zero-order chi connectivity index (χ0) is 12.8. The van der Waals surface area contributed by atoms with Gasteiger partial charge in [0.15, 0.2) is 0 Å². The van der Waals surface area contributed by atoms with E-state index in [0.29, 0.717) is 19.4 Å². The molecule has 1 saturated heterocycles. The van der Waals surface area contributed by atoms with E-state index in [1.165, 1.54) is 5.56 Å². The van der Waals surface area contributed by atoms with Gasteiger partial charge in [0.2, 0.25) is 5.91 Å². The van der Waals surface area contributed by atoms with Crippen LogP contribution < -0.4 is 0 Å². The van der Waals surface area contributed by atoms with Gasteiger partial charge in [-0.1, -0.05) is 36.8 Å². The number of carbonyl (C=O) groups is 1. The van der Waals surface area contributed by atoms with Crippen molar-refractivity contribution in [3.8, 4) is 0 Å². The van der Waals surface area contributed by atoms with Crippen molar-refractivity contribution in [3.63, 3.8) is 0 Å². The Labute approximate surface area is 108 Å². The van der Waals surface area contributed by atoms with Gasteiger partial charge in [-0.05, 0) is 24.8 Å². The molecule has 1 fully saturated rings. The monoisotopic (exact) mass is 247 g/mol. The normalized spacial score (nSPS) is 20.8. The van der Waals surface area contributed by atoms with Gasteiger partial charge in [-0.2, -0.15) is 0 Å². The van der Waals surface area contributed by atoms with E-state index >= 15 is 0 Å². The number of benzene rings is 1. The lowest BCUT2D eigenvalue weighted by Gasteiger charge is -2.30. The average molecular weight is 247 g/mol. The Morgan fingerprint density at radius 3 is 2.72 bits per heavy atom. The maximum Gasteiger partial charge on any atom is 0.223 e. The molecule has 1 aliphatic heterocycles. The van der Waals surface area contributed by atoms with Gasteiger partial charge < -0.3 is 10.0 Å². The van der Waals surface area contributed by atoms with E-state index in [9.17, 15) is 4.79 Å². The molecule has 0 aromatic heterocycles. The third kappa shape index (κ3) is 3.10. The molecule has 0 saturated carbocycles. The van der Waals surface area contributed by atoms with Crippen LogP contribution >= 0.6 is 0 Å². The number of aliphatic hydroxyl groups is 1. The first-order chi connectivity index (χ1) is 8.83. The third-order valence-corrected chi connectivity index (χ3v) is 3.56. The second-order valence-corrected chi connectivity index (χ2v) is 4.84. The molecule has 0 aliphatic carbocycles. The number of carbonyl (C=O) groups excluding carboxylic acids is 1. The first-order valence-electron chi connectivity index (χ1n) is 6.78. The highest BCUT2D eigenvalue weighted by Gasteiger charge is 2.26. The summed E-state index contributed by atoms with van der Waals surface area (Å²) in [4.78, 5) is 14.1. The minimum absolute atomic E-state index is 0.144. The second kappa shape index (κ2) is 6.55. The fourth-order valence-electron chi connectivity index (χ4n) is 2.63. The summed E-state index contributed by atoms with van der Waals surface area (Å²) in [6.45, 7) is 0.806. The summed E-state index contributed by atoms with van der Waals surface area (Å²) in [6, 6.07) is 10.4. The van der Waals surface area contributed by atoms with E-state index in [4.69, 9.17) is 5.11 Å². The topological polar surface area (TPSA) is 40.5 Å². The maximum atomic E-state index is 12.1. The highest BCUT2D eigenvalue weighted by atomic mass is 16.3. The second-order valence-electron chi connectivity index (χ2n) is 4.84. The minimum Gasteiger partial charge on any atom is -0.396 e. The third-order valence-electron chi connectivity index (χ3n) is 3.56. The molecule has 1 unspecified atom stereocenters. The van der Waals surface area contributed by atoms with Gasteiger partial charge in [-0.25, -0.2) is 0 Å². The van der Waals surface area contributed by atoms with Crippen LogP contribution in [-0.4, -0.2) is 29.1 Å². The summed E-state index contributed by atoms with van der Waals surface area (Å²) in [5, 5.41) is 8.97. The van der Waals surface area contributed by atoms with Gasteiger partial charge >= 0.3 is 0 Å². The minimum atomic E-state index is 0.144. The van der Waals surface area contributed by atoms with E-state index in [1.807, 2.05) is 23.1 Å². The lowest BCUT2D eigenvalue weighted by molar-refractivity contribution is -0.133. The number of hydrogen-bond acceptors (Lipinski definition) is 2. The summed E-state index contributed by atoms with van der Waals surface area (Å²) >= 11 is 0. The van der Waals surface area contributed by atoms with Gasteiger partial charge in [0.25, 0.3) is 0 Å². The van der Waals surface area contributed by atoms with Gasteiger partial charge in [0, 0.05) is 19.6 Å². The molecule has 1 amide bonds. The molecule has 1 heterocycles. The molecular weight excluding hydrogens is 226 g/mol. The van der Waals surface area contributed by atoms with Crippen LogP contribution in [0, 0.1) is 0 Å². The zero-order valence-electron chi connectivity index (χ0n) is 10.7. The quantitative estimate of drug-likeness (QED) is 0.888. The van der Waals surface area contributed by atoms with Crippen LogP contribution in [0.2, 0.25) is 0 Å². The Morgan fingerprint density at radius 2 is 2.00 bits per heavy atom. The van der Waals surface area contributed by atoms with Crippen LogP contribution in [-0.2, 0) is 4.79 Å². The molecule has 1 aromatic carbocycles. The number of likely N-dealkylation sites (tertiary alicyclic amines) is 1. The smallest absolute Gasteiger partial charge is 0.223 e. The van der Waals surface area contributed by atoms with Crippen LogP contribution in [0.3, 0.4) is 0 Å². The Kier molecular flexibility index (Phi) is 4.76. The molecule has 2 rings (SSSR count). The molecule has 0 radical (unpaired) electrons. The Bertz CT molecular complexity index is 377. The van der Waals surface area contributed by atoms with Gasteiger partial charge in [-0.15, -0.1) is 0 Å². The molecule has 18 heavy (non-hydrogen) atoms. The van der Waals surface area contributed by atoms with Gasteiger partial charge in [-0.3, -0.25) is 4.79 Å². The zero-order valence-corrected chi connectivity index (χ0v) is 10.7. The van der Waals surface area contributed by atoms with E-state index in [2.05, 4.69) is 12.1 Å². The van der Waals surface area contributed by atoms with E-state index in [0.717, 1.165) is 19.3 Å². The van der Waals surface area contributed by atoms with Crippen molar-refractivity contribution < 1.29 is 9.90 Å². The van der Waals surface area contributed by atoms with E-state index in [-0.39, 0.29) is 18.6 Å². The summed E-state index contributed by atoms with van der Waals surface area (Å²) in [7, 11) is 0. The number of rotatable bonds is 4. The number of nitrogens with zero attached hydrogens (tertiary/aromatic N) is 1. The highest BCUT2D eigenvalue weighted by Crippen LogP contribution is 2.30. The summed E-state index contributed by atoms with van der Waals surface area (Å²) in [6.07, 6.45) is 4.42. The van der Waals surface area contributed by atoms with Crippen molar-refractivity contribution in [1.82, 2.24) is 4.90 Å². The molecule has 1 aromatic rings. The van der Waals surface area contributed by atoms with Crippen molar-refractivity contribution in [2.24, 2.45) is 0 Å². The predicted molar refractivity (Wildman–Crippen MR) is 71.1 cm³/mol. The Hall–Kier alpha value is -1.35. The standard InChI is InChI=1S/C15H21NO2/c17-12-6-11-16-14(9-4-5-10-15(16)18)13-7-2-1-3-8-13/h1-3,7-8,14,17H,4-6,9-12H2. The fourth-order valence-corrected chi connectivity index (χ4v) is 2.63. The number of aliphatic hydroxyl groups excluding tert-OH is 1. The lowest BCUT2D eigenvalue weighted by Crippen LogP contribution is -2.34. The van der Waals surface area contributed by atoms with Crippen molar-refractivity contribution in [1.29, 1.82) is 0 Å². The number of amides is 1. The molecule has 3 nitrogen and oxygen atoms in total. The van der Waals surface area contributed by atoms with Crippen LogP contribution in [0.1, 0.15) is 43.7 Å². The maximum absolute atomic E-state index is 12.1. The lowest BCUT2D eigenvalue weighted by atomic mass is 10.0. The highest BCUT2D eigenvalue weighted by molar-refractivity contribution is 5.77. The summed E-state index contributed by atoms with van der Waals surface area (Å²) in [5.74, 6) is 0.231. The van der Waals surface area contributed by atoms with Crippen molar-refractivity contribution in [2.45, 2.75) is 38.1 Å². The molecule has 0 spiro atoms. The van der Waals surface area contributed by atoms with Crippen molar-refractivity contribution in [3.05, 3.63) is 35.9 Å². The van der Waals surface area contributed by atoms with Gasteiger partial charge in [0.05, 0.1) is 6.04 Å². The molecule has 1 aliphatic rings.